The van der Waals surface area contributed by atoms with Crippen molar-refractivity contribution in [1.29, 1.82) is 0 Å². The van der Waals surface area contributed by atoms with E-state index < -0.39 is 0 Å². The Balaban J connectivity index is 0.00000242. The highest BCUT2D eigenvalue weighted by Gasteiger charge is 2.14. The topological polar surface area (TPSA) is 64.4 Å². The van der Waals surface area contributed by atoms with E-state index in [1.807, 2.05) is 24.3 Å². The third-order valence-corrected chi connectivity index (χ3v) is 3.88. The quantitative estimate of drug-likeness (QED) is 0.809. The molecule has 2 rings (SSSR count). The monoisotopic (exact) mass is 326 g/mol. The molecule has 0 heterocycles. The van der Waals surface area contributed by atoms with E-state index in [9.17, 15) is 4.79 Å². The molecule has 0 spiro atoms. The molecule has 4 nitrogen and oxygen atoms in total. The minimum atomic E-state index is 0. The zero-order chi connectivity index (χ0) is 14.9. The first-order chi connectivity index (χ1) is 10.3. The van der Waals surface area contributed by atoms with Crippen LogP contribution in [0.15, 0.2) is 24.3 Å². The Hall–Kier alpha value is -1.26. The molecule has 0 radical (unpaired) electrons. The molecule has 3 N–H and O–H groups in total. The molecule has 1 aromatic rings. The smallest absolute Gasteiger partial charge is 0.220 e. The van der Waals surface area contributed by atoms with Crippen LogP contribution in [0, 0.1) is 0 Å². The maximum atomic E-state index is 11.5. The Bertz CT molecular complexity index is 431. The maximum Gasteiger partial charge on any atom is 0.220 e. The summed E-state index contributed by atoms with van der Waals surface area (Å²) < 4.78 is 5.99. The molecule has 0 saturated heterocycles. The number of carbonyl (C=O) groups excluding carboxylic acids is 1. The lowest BCUT2D eigenvalue weighted by molar-refractivity contribution is -0.121. The second kappa shape index (κ2) is 10.5. The Morgan fingerprint density at radius 3 is 2.50 bits per heavy atom. The second-order valence-electron chi connectivity index (χ2n) is 5.69. The molecule has 0 aliphatic heterocycles. The Kier molecular flexibility index (Phi) is 8.94. The number of halogens is 1. The summed E-state index contributed by atoms with van der Waals surface area (Å²) in [7, 11) is 0. The summed E-state index contributed by atoms with van der Waals surface area (Å²) in [5, 5.41) is 2.90. The third kappa shape index (κ3) is 6.67. The second-order valence-corrected chi connectivity index (χ2v) is 5.69. The molecule has 1 saturated carbocycles. The van der Waals surface area contributed by atoms with E-state index in [0.717, 1.165) is 17.7 Å². The summed E-state index contributed by atoms with van der Waals surface area (Å²) in [5.41, 5.74) is 6.47. The number of benzene rings is 1. The fraction of sp³-hybridized carbons (Fsp3) is 0.588. The van der Waals surface area contributed by atoms with E-state index in [0.29, 0.717) is 25.6 Å². The standard InChI is InChI=1S/C17H26N2O2.ClH/c18-12-4-7-17(20)19-13-14-8-10-16(11-9-14)21-15-5-2-1-3-6-15;/h8-11,15H,1-7,12-13,18H2,(H,19,20);1H. The van der Waals surface area contributed by atoms with Gasteiger partial charge in [-0.05, 0) is 56.3 Å². The number of nitrogens with two attached hydrogens (primary N) is 1. The van der Waals surface area contributed by atoms with E-state index in [2.05, 4.69) is 5.32 Å². The predicted molar refractivity (Wildman–Crippen MR) is 91.3 cm³/mol. The molecule has 124 valence electrons. The van der Waals surface area contributed by atoms with Gasteiger partial charge in [0.15, 0.2) is 0 Å². The van der Waals surface area contributed by atoms with Gasteiger partial charge in [0.25, 0.3) is 0 Å². The number of rotatable bonds is 7. The number of ether oxygens (including phenoxy) is 1. The molecule has 0 aromatic heterocycles. The molecule has 1 fully saturated rings. The first-order valence-corrected chi connectivity index (χ1v) is 8.00. The number of hydrogen-bond donors (Lipinski definition) is 2. The van der Waals surface area contributed by atoms with Crippen LogP contribution in [0.5, 0.6) is 5.75 Å². The number of amides is 1. The zero-order valence-corrected chi connectivity index (χ0v) is 13.9. The molecule has 1 amide bonds. The van der Waals surface area contributed by atoms with E-state index in [1.165, 1.54) is 32.1 Å². The summed E-state index contributed by atoms with van der Waals surface area (Å²) in [6.07, 6.45) is 7.83. The summed E-state index contributed by atoms with van der Waals surface area (Å²) in [4.78, 5) is 11.5. The SMILES string of the molecule is Cl.NCCCC(=O)NCc1ccc(OC2CCCCC2)cc1. The van der Waals surface area contributed by atoms with Gasteiger partial charge >= 0.3 is 0 Å². The van der Waals surface area contributed by atoms with Crippen molar-refractivity contribution in [3.8, 4) is 5.75 Å². The first kappa shape index (κ1) is 18.8. The highest BCUT2D eigenvalue weighted by Crippen LogP contribution is 2.23. The average Bonchev–Trinajstić information content (AvgIpc) is 2.53. The highest BCUT2D eigenvalue weighted by molar-refractivity contribution is 5.85. The maximum absolute atomic E-state index is 11.5. The van der Waals surface area contributed by atoms with Gasteiger partial charge in [-0.1, -0.05) is 18.6 Å². The molecular formula is C17H27ClN2O2. The third-order valence-electron chi connectivity index (χ3n) is 3.88. The van der Waals surface area contributed by atoms with Crippen molar-refractivity contribution in [3.63, 3.8) is 0 Å². The lowest BCUT2D eigenvalue weighted by Gasteiger charge is -2.23. The van der Waals surface area contributed by atoms with Gasteiger partial charge in [0.05, 0.1) is 6.10 Å². The summed E-state index contributed by atoms with van der Waals surface area (Å²) >= 11 is 0. The Labute approximate surface area is 139 Å². The van der Waals surface area contributed by atoms with Crippen molar-refractivity contribution in [2.45, 2.75) is 57.6 Å². The summed E-state index contributed by atoms with van der Waals surface area (Å²) in [5.74, 6) is 0.989. The van der Waals surface area contributed by atoms with Crippen molar-refractivity contribution in [3.05, 3.63) is 29.8 Å². The molecule has 1 aliphatic carbocycles. The lowest BCUT2D eigenvalue weighted by Crippen LogP contribution is -2.23. The minimum Gasteiger partial charge on any atom is -0.490 e. The number of carbonyl (C=O) groups is 1. The van der Waals surface area contributed by atoms with Crippen LogP contribution < -0.4 is 15.8 Å². The molecule has 1 aliphatic rings. The van der Waals surface area contributed by atoms with Gasteiger partial charge in [0, 0.05) is 13.0 Å². The van der Waals surface area contributed by atoms with Crippen LogP contribution in [-0.4, -0.2) is 18.6 Å². The van der Waals surface area contributed by atoms with Gasteiger partial charge in [-0.2, -0.15) is 0 Å². The Morgan fingerprint density at radius 1 is 1.18 bits per heavy atom. The van der Waals surface area contributed by atoms with Gasteiger partial charge in [-0.25, -0.2) is 0 Å². The summed E-state index contributed by atoms with van der Waals surface area (Å²) in [6, 6.07) is 8.02. The van der Waals surface area contributed by atoms with Gasteiger partial charge in [-0.3, -0.25) is 4.79 Å². The lowest BCUT2D eigenvalue weighted by atomic mass is 9.98. The fourth-order valence-electron chi connectivity index (χ4n) is 2.61. The van der Waals surface area contributed by atoms with Crippen LogP contribution >= 0.6 is 12.4 Å². The largest absolute Gasteiger partial charge is 0.490 e. The minimum absolute atomic E-state index is 0. The van der Waals surface area contributed by atoms with Crippen LogP contribution in [0.1, 0.15) is 50.5 Å². The van der Waals surface area contributed by atoms with Crippen LogP contribution in [0.3, 0.4) is 0 Å². The van der Waals surface area contributed by atoms with Crippen LogP contribution in [0.2, 0.25) is 0 Å². The van der Waals surface area contributed by atoms with Crippen molar-refractivity contribution in [1.82, 2.24) is 5.32 Å². The first-order valence-electron chi connectivity index (χ1n) is 8.00. The molecule has 0 atom stereocenters. The van der Waals surface area contributed by atoms with Gasteiger partial charge in [0.1, 0.15) is 5.75 Å². The van der Waals surface area contributed by atoms with Crippen molar-refractivity contribution < 1.29 is 9.53 Å². The Morgan fingerprint density at radius 2 is 1.86 bits per heavy atom. The van der Waals surface area contributed by atoms with Crippen LogP contribution in [0.4, 0.5) is 0 Å². The van der Waals surface area contributed by atoms with E-state index in [4.69, 9.17) is 10.5 Å². The highest BCUT2D eigenvalue weighted by atomic mass is 35.5. The van der Waals surface area contributed by atoms with Crippen LogP contribution in [-0.2, 0) is 11.3 Å². The van der Waals surface area contributed by atoms with Gasteiger partial charge in [-0.15, -0.1) is 12.4 Å². The van der Waals surface area contributed by atoms with Crippen molar-refractivity contribution >= 4 is 18.3 Å². The number of hydrogen-bond acceptors (Lipinski definition) is 3. The number of nitrogens with one attached hydrogen (secondary N) is 1. The molecule has 1 aromatic carbocycles. The summed E-state index contributed by atoms with van der Waals surface area (Å²) in [6.45, 7) is 1.12. The predicted octanol–water partition coefficient (Wildman–Crippen LogP) is 3.18. The van der Waals surface area contributed by atoms with Gasteiger partial charge < -0.3 is 15.8 Å². The van der Waals surface area contributed by atoms with Crippen molar-refractivity contribution in [2.75, 3.05) is 6.54 Å². The molecule has 0 unspecified atom stereocenters. The van der Waals surface area contributed by atoms with E-state index in [-0.39, 0.29) is 18.3 Å². The average molecular weight is 327 g/mol. The molecular weight excluding hydrogens is 300 g/mol. The van der Waals surface area contributed by atoms with E-state index >= 15 is 0 Å². The van der Waals surface area contributed by atoms with Crippen LogP contribution in [0.25, 0.3) is 0 Å². The fourth-order valence-corrected chi connectivity index (χ4v) is 2.61. The molecule has 22 heavy (non-hydrogen) atoms. The van der Waals surface area contributed by atoms with Crippen molar-refractivity contribution in [2.24, 2.45) is 5.73 Å². The zero-order valence-electron chi connectivity index (χ0n) is 13.1. The normalized spacial score (nSPS) is 15.0. The van der Waals surface area contributed by atoms with Gasteiger partial charge in [0.2, 0.25) is 5.91 Å². The van der Waals surface area contributed by atoms with E-state index in [1.54, 1.807) is 0 Å². The molecule has 0 bridgehead atoms. The molecule has 5 heteroatoms.